The Labute approximate surface area is 185 Å². The van der Waals surface area contributed by atoms with Gasteiger partial charge in [0.2, 0.25) is 5.91 Å². The van der Waals surface area contributed by atoms with Crippen LogP contribution in [0.25, 0.3) is 6.08 Å². The van der Waals surface area contributed by atoms with Gasteiger partial charge < -0.3 is 9.80 Å². The first-order chi connectivity index (χ1) is 14.9. The number of Topliss-reactive ketones (excluding diaryl/α,β-unsaturated/α-hetero) is 1. The highest BCUT2D eigenvalue weighted by atomic mass is 32.1. The molecule has 3 heterocycles. The molecule has 0 unspecified atom stereocenters. The van der Waals surface area contributed by atoms with Gasteiger partial charge in [0.1, 0.15) is 5.82 Å². The zero-order valence-corrected chi connectivity index (χ0v) is 18.2. The van der Waals surface area contributed by atoms with Gasteiger partial charge in [-0.15, -0.1) is 11.3 Å². The molecule has 2 aliphatic rings. The fraction of sp³-hybridized carbons (Fsp3) is 0.375. The Morgan fingerprint density at radius 3 is 2.61 bits per heavy atom. The van der Waals surface area contributed by atoms with E-state index in [1.54, 1.807) is 35.7 Å². The monoisotopic (exact) mass is 440 g/mol. The molecule has 0 aliphatic carbocycles. The van der Waals surface area contributed by atoms with Crippen LogP contribution in [0.15, 0.2) is 41.8 Å². The Balaban J connectivity index is 1.40. The molecule has 4 rings (SSSR count). The van der Waals surface area contributed by atoms with Crippen LogP contribution in [-0.2, 0) is 4.79 Å². The number of carbonyl (C=O) groups excluding carboxylic acids is 3. The van der Waals surface area contributed by atoms with Crippen molar-refractivity contribution in [1.29, 1.82) is 0 Å². The van der Waals surface area contributed by atoms with E-state index in [9.17, 15) is 18.8 Å². The predicted molar refractivity (Wildman–Crippen MR) is 119 cm³/mol. The molecule has 7 heteroatoms. The van der Waals surface area contributed by atoms with Crippen molar-refractivity contribution in [2.45, 2.75) is 32.2 Å². The molecule has 2 amide bonds. The number of thiophene rings is 1. The third-order valence-corrected chi connectivity index (χ3v) is 7.15. The number of carbonyl (C=O) groups is 3. The van der Waals surface area contributed by atoms with E-state index in [0.717, 1.165) is 24.8 Å². The zero-order chi connectivity index (χ0) is 22.0. The number of ketones is 1. The fourth-order valence-electron chi connectivity index (χ4n) is 4.51. The van der Waals surface area contributed by atoms with Gasteiger partial charge in [0.25, 0.3) is 5.91 Å². The first-order valence-electron chi connectivity index (χ1n) is 10.6. The van der Waals surface area contributed by atoms with Crippen LogP contribution in [0.1, 0.15) is 51.8 Å². The fourth-order valence-corrected chi connectivity index (χ4v) is 5.30. The van der Waals surface area contributed by atoms with E-state index < -0.39 is 0 Å². The van der Waals surface area contributed by atoms with Crippen molar-refractivity contribution in [2.75, 3.05) is 19.6 Å². The summed E-state index contributed by atoms with van der Waals surface area (Å²) in [6, 6.07) is 7.84. The summed E-state index contributed by atoms with van der Waals surface area (Å²) in [7, 11) is 0. The van der Waals surface area contributed by atoms with E-state index in [0.29, 0.717) is 30.1 Å². The van der Waals surface area contributed by atoms with Crippen LogP contribution >= 0.6 is 11.3 Å². The molecule has 0 bridgehead atoms. The Bertz CT molecular complexity index is 1010. The molecule has 2 saturated heterocycles. The molecule has 0 saturated carbocycles. The molecule has 1 aromatic heterocycles. The lowest BCUT2D eigenvalue weighted by molar-refractivity contribution is -0.132. The maximum atomic E-state index is 13.1. The van der Waals surface area contributed by atoms with Crippen LogP contribution in [0.3, 0.4) is 0 Å². The smallest absolute Gasteiger partial charge is 0.254 e. The number of amides is 2. The molecule has 2 aliphatic heterocycles. The van der Waals surface area contributed by atoms with Gasteiger partial charge in [0, 0.05) is 37.1 Å². The number of hydrogen-bond donors (Lipinski definition) is 0. The largest absolute Gasteiger partial charge is 0.338 e. The lowest BCUT2D eigenvalue weighted by atomic mass is 9.83. The lowest BCUT2D eigenvalue weighted by Crippen LogP contribution is -2.56. The SMILES string of the molecule is CC(=O)c1cc(C(=O)N2CC[C@@H]3[C@@H](CCCN3C(=O)/C=C/c3ccc(F)cc3)C2)cs1. The van der Waals surface area contributed by atoms with Crippen molar-refractivity contribution in [2.24, 2.45) is 5.92 Å². The first-order valence-corrected chi connectivity index (χ1v) is 11.4. The van der Waals surface area contributed by atoms with Gasteiger partial charge in [-0.3, -0.25) is 14.4 Å². The Kier molecular flexibility index (Phi) is 6.32. The number of hydrogen-bond acceptors (Lipinski definition) is 4. The summed E-state index contributed by atoms with van der Waals surface area (Å²) in [5, 5.41) is 1.75. The first kappa shape index (κ1) is 21.4. The van der Waals surface area contributed by atoms with Gasteiger partial charge in [-0.1, -0.05) is 12.1 Å². The highest BCUT2D eigenvalue weighted by Crippen LogP contribution is 2.32. The van der Waals surface area contributed by atoms with Crippen molar-refractivity contribution < 1.29 is 18.8 Å². The Morgan fingerprint density at radius 1 is 1.13 bits per heavy atom. The number of likely N-dealkylation sites (tertiary alicyclic amines) is 2. The number of fused-ring (bicyclic) bond motifs is 1. The van der Waals surface area contributed by atoms with Gasteiger partial charge in [0.05, 0.1) is 10.4 Å². The summed E-state index contributed by atoms with van der Waals surface area (Å²) >= 11 is 1.30. The van der Waals surface area contributed by atoms with Crippen molar-refractivity contribution in [3.63, 3.8) is 0 Å². The van der Waals surface area contributed by atoms with E-state index in [2.05, 4.69) is 0 Å². The predicted octanol–water partition coefficient (Wildman–Crippen LogP) is 4.26. The average molecular weight is 441 g/mol. The van der Waals surface area contributed by atoms with E-state index in [-0.39, 0.29) is 35.4 Å². The topological polar surface area (TPSA) is 57.7 Å². The lowest BCUT2D eigenvalue weighted by Gasteiger charge is -2.47. The van der Waals surface area contributed by atoms with E-state index >= 15 is 0 Å². The van der Waals surface area contributed by atoms with Crippen LogP contribution in [-0.4, -0.2) is 53.1 Å². The normalized spacial score (nSPS) is 21.2. The van der Waals surface area contributed by atoms with Crippen molar-refractivity contribution >= 4 is 35.0 Å². The molecule has 2 fully saturated rings. The van der Waals surface area contributed by atoms with Gasteiger partial charge in [-0.25, -0.2) is 4.39 Å². The summed E-state index contributed by atoms with van der Waals surface area (Å²) in [4.78, 5) is 41.7. The van der Waals surface area contributed by atoms with E-state index in [1.165, 1.54) is 30.4 Å². The van der Waals surface area contributed by atoms with E-state index in [1.807, 2.05) is 9.80 Å². The second-order valence-corrected chi connectivity index (χ2v) is 9.09. The zero-order valence-electron chi connectivity index (χ0n) is 17.4. The quantitative estimate of drug-likeness (QED) is 0.527. The van der Waals surface area contributed by atoms with Gasteiger partial charge in [0.15, 0.2) is 5.78 Å². The summed E-state index contributed by atoms with van der Waals surface area (Å²) in [5.41, 5.74) is 1.35. The number of nitrogens with zero attached hydrogens (tertiary/aromatic N) is 2. The molecule has 0 N–H and O–H groups in total. The minimum absolute atomic E-state index is 0.0297. The average Bonchev–Trinajstić information content (AvgIpc) is 3.28. The van der Waals surface area contributed by atoms with E-state index in [4.69, 9.17) is 0 Å². The molecule has 31 heavy (non-hydrogen) atoms. The van der Waals surface area contributed by atoms with Crippen molar-refractivity contribution in [1.82, 2.24) is 9.80 Å². The van der Waals surface area contributed by atoms with Crippen molar-refractivity contribution in [3.8, 4) is 0 Å². The molecule has 162 valence electrons. The van der Waals surface area contributed by atoms with Crippen LogP contribution in [0, 0.1) is 11.7 Å². The third kappa shape index (κ3) is 4.77. The molecule has 1 aromatic carbocycles. The van der Waals surface area contributed by atoms with Gasteiger partial charge in [-0.05, 0) is 61.9 Å². The molecule has 5 nitrogen and oxygen atoms in total. The standard InChI is InChI=1S/C24H25FN2O3S/c1-16(28)22-13-19(15-31-22)24(30)26-12-10-21-18(14-26)3-2-11-27(21)23(29)9-6-17-4-7-20(25)8-5-17/h4-9,13,15,18,21H,2-3,10-12,14H2,1H3/b9-6+/t18-,21+/m0/s1. The maximum Gasteiger partial charge on any atom is 0.254 e. The van der Waals surface area contributed by atoms with Crippen LogP contribution in [0.4, 0.5) is 4.39 Å². The number of benzene rings is 1. The molecule has 0 radical (unpaired) electrons. The molecular weight excluding hydrogens is 415 g/mol. The summed E-state index contributed by atoms with van der Waals surface area (Å²) in [5.74, 6) is -0.161. The highest BCUT2D eigenvalue weighted by molar-refractivity contribution is 7.12. The highest BCUT2D eigenvalue weighted by Gasteiger charge is 2.39. The number of halogens is 1. The second kappa shape index (κ2) is 9.14. The number of piperidine rings is 2. The number of rotatable bonds is 4. The third-order valence-electron chi connectivity index (χ3n) is 6.12. The van der Waals surface area contributed by atoms with Gasteiger partial charge >= 0.3 is 0 Å². The summed E-state index contributed by atoms with van der Waals surface area (Å²) in [6.45, 7) is 3.44. The van der Waals surface area contributed by atoms with Crippen molar-refractivity contribution in [3.05, 3.63) is 63.6 Å². The maximum absolute atomic E-state index is 13.1. The summed E-state index contributed by atoms with van der Waals surface area (Å²) < 4.78 is 13.1. The van der Waals surface area contributed by atoms with Crippen LogP contribution in [0.2, 0.25) is 0 Å². The Morgan fingerprint density at radius 2 is 1.90 bits per heavy atom. The summed E-state index contributed by atoms with van der Waals surface area (Å²) in [6.07, 6.45) is 5.92. The molecular formula is C24H25FN2O3S. The van der Waals surface area contributed by atoms with Gasteiger partial charge in [-0.2, -0.15) is 0 Å². The molecule has 2 atom stereocenters. The molecule has 0 spiro atoms. The second-order valence-electron chi connectivity index (χ2n) is 8.18. The minimum Gasteiger partial charge on any atom is -0.338 e. The minimum atomic E-state index is -0.302. The molecule has 2 aromatic rings. The van der Waals surface area contributed by atoms with Crippen LogP contribution in [0.5, 0.6) is 0 Å². The Hall–Kier alpha value is -2.80. The van der Waals surface area contributed by atoms with Crippen LogP contribution < -0.4 is 0 Å².